The lowest BCUT2D eigenvalue weighted by Gasteiger charge is -2.13. The normalized spacial score (nSPS) is 11.7. The summed E-state index contributed by atoms with van der Waals surface area (Å²) in [5.74, 6) is 0. The Kier molecular flexibility index (Phi) is 3.72. The van der Waals surface area contributed by atoms with E-state index in [1.165, 1.54) is 6.07 Å². The molecule has 0 unspecified atom stereocenters. The minimum Gasteiger partial charge on any atom is -0.355 e. The molecule has 3 rings (SSSR count). The number of aromatic nitrogens is 1. The second kappa shape index (κ2) is 5.57. The average molecular weight is 316 g/mol. The molecular formula is C18H15F3N2. The smallest absolute Gasteiger partial charge is 0.355 e. The fraction of sp³-hybridized carbons (Fsp3) is 0.167. The Balaban J connectivity index is 2.04. The van der Waals surface area contributed by atoms with Gasteiger partial charge in [0.2, 0.25) is 0 Å². The summed E-state index contributed by atoms with van der Waals surface area (Å²) in [6, 6.07) is 10.8. The molecular weight excluding hydrogens is 301 g/mol. The number of rotatable bonds is 2. The largest absolute Gasteiger partial charge is 0.416 e. The number of nitrogens with zero attached hydrogens (tertiary/aromatic N) is 1. The van der Waals surface area contributed by atoms with Gasteiger partial charge in [0.1, 0.15) is 0 Å². The van der Waals surface area contributed by atoms with Gasteiger partial charge in [-0.2, -0.15) is 13.2 Å². The molecule has 0 aliphatic heterocycles. The third kappa shape index (κ3) is 2.99. The number of halogens is 3. The van der Waals surface area contributed by atoms with Crippen LogP contribution in [0.25, 0.3) is 10.9 Å². The van der Waals surface area contributed by atoms with Crippen molar-refractivity contribution in [2.24, 2.45) is 0 Å². The van der Waals surface area contributed by atoms with Gasteiger partial charge in [0.25, 0.3) is 0 Å². The molecule has 2 nitrogen and oxygen atoms in total. The molecule has 1 heterocycles. The van der Waals surface area contributed by atoms with Crippen molar-refractivity contribution in [1.29, 1.82) is 0 Å². The second-order valence-corrected chi connectivity index (χ2v) is 5.47. The zero-order chi connectivity index (χ0) is 16.6. The van der Waals surface area contributed by atoms with Crippen molar-refractivity contribution in [2.75, 3.05) is 5.32 Å². The predicted octanol–water partition coefficient (Wildman–Crippen LogP) is 5.61. The molecule has 0 amide bonds. The highest BCUT2D eigenvalue weighted by Crippen LogP contribution is 2.33. The molecule has 3 aromatic rings. The van der Waals surface area contributed by atoms with Gasteiger partial charge < -0.3 is 5.32 Å². The first-order chi connectivity index (χ1) is 10.9. The van der Waals surface area contributed by atoms with E-state index in [1.807, 2.05) is 26.0 Å². The van der Waals surface area contributed by atoms with E-state index in [1.54, 1.807) is 18.3 Å². The Morgan fingerprint density at radius 1 is 1.00 bits per heavy atom. The van der Waals surface area contributed by atoms with Gasteiger partial charge in [-0.05, 0) is 49.2 Å². The van der Waals surface area contributed by atoms with Gasteiger partial charge in [-0.1, -0.05) is 18.2 Å². The molecule has 1 aromatic heterocycles. The summed E-state index contributed by atoms with van der Waals surface area (Å²) in [6.07, 6.45) is -2.70. The number of hydrogen-bond acceptors (Lipinski definition) is 2. The van der Waals surface area contributed by atoms with Crippen molar-refractivity contribution >= 4 is 22.3 Å². The fourth-order valence-electron chi connectivity index (χ4n) is 2.50. The summed E-state index contributed by atoms with van der Waals surface area (Å²) in [7, 11) is 0. The van der Waals surface area contributed by atoms with Crippen molar-refractivity contribution in [3.05, 3.63) is 65.4 Å². The maximum absolute atomic E-state index is 12.8. The third-order valence-electron chi connectivity index (χ3n) is 3.91. The molecule has 0 fully saturated rings. The lowest BCUT2D eigenvalue weighted by Crippen LogP contribution is -2.05. The lowest BCUT2D eigenvalue weighted by molar-refractivity contribution is -0.137. The molecule has 2 aromatic carbocycles. The minimum absolute atomic E-state index is 0.394. The van der Waals surface area contributed by atoms with Crippen molar-refractivity contribution in [3.63, 3.8) is 0 Å². The quantitative estimate of drug-likeness (QED) is 0.664. The predicted molar refractivity (Wildman–Crippen MR) is 85.9 cm³/mol. The van der Waals surface area contributed by atoms with Crippen LogP contribution in [0.15, 0.2) is 48.7 Å². The van der Waals surface area contributed by atoms with Crippen LogP contribution in [0.1, 0.15) is 16.7 Å². The number of benzene rings is 2. The van der Waals surface area contributed by atoms with Crippen molar-refractivity contribution in [1.82, 2.24) is 4.98 Å². The summed E-state index contributed by atoms with van der Waals surface area (Å²) < 4.78 is 38.5. The van der Waals surface area contributed by atoms with E-state index >= 15 is 0 Å². The van der Waals surface area contributed by atoms with Crippen LogP contribution in [0.5, 0.6) is 0 Å². The van der Waals surface area contributed by atoms with Crippen LogP contribution in [0.2, 0.25) is 0 Å². The number of nitrogens with one attached hydrogen (secondary N) is 1. The van der Waals surface area contributed by atoms with Crippen LogP contribution in [0.4, 0.5) is 24.5 Å². The molecule has 0 saturated heterocycles. The number of aryl methyl sites for hydroxylation is 2. The van der Waals surface area contributed by atoms with E-state index in [0.29, 0.717) is 5.69 Å². The Hall–Kier alpha value is -2.56. The molecule has 0 atom stereocenters. The zero-order valence-electron chi connectivity index (χ0n) is 12.7. The summed E-state index contributed by atoms with van der Waals surface area (Å²) in [5, 5.41) is 3.95. The van der Waals surface area contributed by atoms with Crippen molar-refractivity contribution in [3.8, 4) is 0 Å². The van der Waals surface area contributed by atoms with E-state index in [2.05, 4.69) is 10.3 Å². The minimum atomic E-state index is -4.36. The van der Waals surface area contributed by atoms with E-state index < -0.39 is 11.7 Å². The van der Waals surface area contributed by atoms with Crippen LogP contribution in [-0.4, -0.2) is 4.98 Å². The highest BCUT2D eigenvalue weighted by Gasteiger charge is 2.30. The molecule has 23 heavy (non-hydrogen) atoms. The summed E-state index contributed by atoms with van der Waals surface area (Å²) in [4.78, 5) is 4.38. The summed E-state index contributed by atoms with van der Waals surface area (Å²) in [5.41, 5.74) is 3.49. The molecule has 0 radical (unpaired) electrons. The number of anilines is 2. The Bertz CT molecular complexity index is 870. The van der Waals surface area contributed by atoms with E-state index in [4.69, 9.17) is 0 Å². The molecule has 0 bridgehead atoms. The molecule has 1 N–H and O–H groups in total. The molecule has 0 saturated carbocycles. The van der Waals surface area contributed by atoms with Gasteiger partial charge in [-0.3, -0.25) is 4.98 Å². The van der Waals surface area contributed by atoms with Crippen LogP contribution in [-0.2, 0) is 6.18 Å². The maximum atomic E-state index is 12.8. The van der Waals surface area contributed by atoms with E-state index in [-0.39, 0.29) is 0 Å². The van der Waals surface area contributed by atoms with Crippen molar-refractivity contribution in [2.45, 2.75) is 20.0 Å². The highest BCUT2D eigenvalue weighted by molar-refractivity contribution is 5.95. The summed E-state index contributed by atoms with van der Waals surface area (Å²) in [6.45, 7) is 3.99. The first-order valence-electron chi connectivity index (χ1n) is 7.15. The van der Waals surface area contributed by atoms with E-state index in [0.717, 1.165) is 39.8 Å². The van der Waals surface area contributed by atoms with Crippen LogP contribution in [0, 0.1) is 13.8 Å². The highest BCUT2D eigenvalue weighted by atomic mass is 19.4. The SMILES string of the molecule is Cc1ccc2c(Nc3cccc(C(F)(F)F)c3)ccnc2c1C. The second-order valence-electron chi connectivity index (χ2n) is 5.47. The fourth-order valence-corrected chi connectivity index (χ4v) is 2.50. The van der Waals surface area contributed by atoms with Gasteiger partial charge in [0.15, 0.2) is 0 Å². The average Bonchev–Trinajstić information content (AvgIpc) is 2.51. The molecule has 0 aliphatic carbocycles. The van der Waals surface area contributed by atoms with Crippen molar-refractivity contribution < 1.29 is 13.2 Å². The van der Waals surface area contributed by atoms with Gasteiger partial charge in [0.05, 0.1) is 11.1 Å². The van der Waals surface area contributed by atoms with Gasteiger partial charge >= 0.3 is 6.18 Å². The monoisotopic (exact) mass is 316 g/mol. The maximum Gasteiger partial charge on any atom is 0.416 e. The first kappa shape index (κ1) is 15.3. The first-order valence-corrected chi connectivity index (χ1v) is 7.15. The molecule has 118 valence electrons. The van der Waals surface area contributed by atoms with E-state index in [9.17, 15) is 13.2 Å². The Morgan fingerprint density at radius 2 is 1.78 bits per heavy atom. The third-order valence-corrected chi connectivity index (χ3v) is 3.91. The van der Waals surface area contributed by atoms with Crippen LogP contribution >= 0.6 is 0 Å². The van der Waals surface area contributed by atoms with Gasteiger partial charge in [-0.15, -0.1) is 0 Å². The molecule has 0 spiro atoms. The number of pyridine rings is 1. The lowest BCUT2D eigenvalue weighted by atomic mass is 10.0. The number of alkyl halides is 3. The Labute approximate surface area is 132 Å². The number of fused-ring (bicyclic) bond motifs is 1. The van der Waals surface area contributed by atoms with Crippen LogP contribution < -0.4 is 5.32 Å². The van der Waals surface area contributed by atoms with Crippen LogP contribution in [0.3, 0.4) is 0 Å². The summed E-state index contributed by atoms with van der Waals surface area (Å²) >= 11 is 0. The van der Waals surface area contributed by atoms with Gasteiger partial charge in [-0.25, -0.2) is 0 Å². The number of hydrogen-bond donors (Lipinski definition) is 1. The Morgan fingerprint density at radius 3 is 2.52 bits per heavy atom. The molecule has 5 heteroatoms. The zero-order valence-corrected chi connectivity index (χ0v) is 12.7. The molecule has 0 aliphatic rings. The van der Waals surface area contributed by atoms with Gasteiger partial charge in [0, 0.05) is 23.0 Å². The topological polar surface area (TPSA) is 24.9 Å². The standard InChI is InChI=1S/C18H15F3N2/c1-11-6-7-15-16(8-9-22-17(15)12(11)2)23-14-5-3-4-13(10-14)18(19,20)21/h3-10H,1-2H3,(H,22,23).